The fourth-order valence-electron chi connectivity index (χ4n) is 2.84. The van der Waals surface area contributed by atoms with E-state index >= 15 is 0 Å². The minimum Gasteiger partial charge on any atom is -0.462 e. The molecule has 8 nitrogen and oxygen atoms in total. The predicted molar refractivity (Wildman–Crippen MR) is 101 cm³/mol. The summed E-state index contributed by atoms with van der Waals surface area (Å²) in [6.45, 7) is -0.0208. The molecule has 0 saturated carbocycles. The maximum absolute atomic E-state index is 12.6. The highest BCUT2D eigenvalue weighted by Gasteiger charge is 2.25. The number of allylic oxidation sites excluding steroid dienone is 1. The molecule has 0 fully saturated rings. The summed E-state index contributed by atoms with van der Waals surface area (Å²) >= 11 is 0. The van der Waals surface area contributed by atoms with Crippen LogP contribution in [0, 0.1) is 0 Å². The standard InChI is InChI=1S/C20H22N4O4/c25-18-10-6-2-5-9-16(23-19(26)15-11-12-21-24-15)20(27)28-13-17(22-18)14-7-3-1-4-8-14/h1-5,7-8,11-12,16-17H,6,9-10,13H2,(H,21,24)(H,22,25)(H,23,26)/b5-2+/t16-,17+/m1/s1. The van der Waals surface area contributed by atoms with Gasteiger partial charge in [-0.2, -0.15) is 5.10 Å². The molecule has 28 heavy (non-hydrogen) atoms. The smallest absolute Gasteiger partial charge is 0.329 e. The first-order valence-corrected chi connectivity index (χ1v) is 9.10. The topological polar surface area (TPSA) is 113 Å². The number of amides is 2. The lowest BCUT2D eigenvalue weighted by Gasteiger charge is -2.22. The summed E-state index contributed by atoms with van der Waals surface area (Å²) in [7, 11) is 0. The summed E-state index contributed by atoms with van der Waals surface area (Å²) in [5.41, 5.74) is 1.03. The fraction of sp³-hybridized carbons (Fsp3) is 0.300. The maximum atomic E-state index is 12.6. The predicted octanol–water partition coefficient (Wildman–Crippen LogP) is 1.65. The molecule has 2 aromatic rings. The van der Waals surface area contributed by atoms with Crippen molar-refractivity contribution in [2.24, 2.45) is 0 Å². The average Bonchev–Trinajstić information content (AvgIpc) is 3.24. The number of aromatic amines is 1. The number of ether oxygens (including phenoxy) is 1. The average molecular weight is 382 g/mol. The van der Waals surface area contributed by atoms with Crippen molar-refractivity contribution in [3.8, 4) is 0 Å². The van der Waals surface area contributed by atoms with Gasteiger partial charge in [-0.15, -0.1) is 0 Å². The maximum Gasteiger partial charge on any atom is 0.329 e. The van der Waals surface area contributed by atoms with E-state index in [4.69, 9.17) is 4.74 Å². The summed E-state index contributed by atoms with van der Waals surface area (Å²) in [6, 6.07) is 9.54. The molecule has 1 aliphatic rings. The molecule has 1 aliphatic heterocycles. The van der Waals surface area contributed by atoms with E-state index in [1.807, 2.05) is 36.4 Å². The van der Waals surface area contributed by atoms with E-state index in [-0.39, 0.29) is 24.6 Å². The Morgan fingerprint density at radius 3 is 2.71 bits per heavy atom. The van der Waals surface area contributed by atoms with Gasteiger partial charge in [-0.3, -0.25) is 14.7 Å². The second-order valence-electron chi connectivity index (χ2n) is 6.39. The Morgan fingerprint density at radius 2 is 1.96 bits per heavy atom. The second kappa shape index (κ2) is 9.50. The summed E-state index contributed by atoms with van der Waals surface area (Å²) in [5, 5.41) is 11.9. The van der Waals surface area contributed by atoms with Crippen molar-refractivity contribution in [3.63, 3.8) is 0 Å². The molecule has 0 spiro atoms. The number of H-pyrrole nitrogens is 1. The van der Waals surface area contributed by atoms with Crippen molar-refractivity contribution in [1.29, 1.82) is 0 Å². The Balaban J connectivity index is 1.73. The largest absolute Gasteiger partial charge is 0.462 e. The van der Waals surface area contributed by atoms with Crippen LogP contribution in [0.4, 0.5) is 0 Å². The van der Waals surface area contributed by atoms with E-state index in [9.17, 15) is 14.4 Å². The molecule has 0 bridgehead atoms. The molecule has 2 amide bonds. The molecule has 2 heterocycles. The Bertz CT molecular complexity index is 833. The highest BCUT2D eigenvalue weighted by atomic mass is 16.5. The van der Waals surface area contributed by atoms with Crippen molar-refractivity contribution in [2.75, 3.05) is 6.61 Å². The fourth-order valence-corrected chi connectivity index (χ4v) is 2.84. The van der Waals surface area contributed by atoms with Gasteiger partial charge in [0, 0.05) is 12.6 Å². The number of benzene rings is 1. The van der Waals surface area contributed by atoms with Crippen molar-refractivity contribution >= 4 is 17.8 Å². The summed E-state index contributed by atoms with van der Waals surface area (Å²) < 4.78 is 5.43. The number of rotatable bonds is 3. The van der Waals surface area contributed by atoms with Crippen LogP contribution in [0.2, 0.25) is 0 Å². The number of carbonyl (C=O) groups excluding carboxylic acids is 3. The molecule has 0 unspecified atom stereocenters. The van der Waals surface area contributed by atoms with E-state index in [2.05, 4.69) is 20.8 Å². The van der Waals surface area contributed by atoms with E-state index in [1.54, 1.807) is 6.08 Å². The first kappa shape index (κ1) is 19.3. The molecule has 2 atom stereocenters. The monoisotopic (exact) mass is 382 g/mol. The summed E-state index contributed by atoms with van der Waals surface area (Å²) in [6.07, 6.45) is 6.26. The van der Waals surface area contributed by atoms with Crippen molar-refractivity contribution in [3.05, 3.63) is 66.0 Å². The molecular formula is C20H22N4O4. The molecule has 3 rings (SSSR count). The van der Waals surface area contributed by atoms with Crippen LogP contribution in [0.25, 0.3) is 0 Å². The number of nitrogens with one attached hydrogen (secondary N) is 3. The quantitative estimate of drug-likeness (QED) is 0.552. The molecule has 0 aliphatic carbocycles. The molecule has 0 saturated heterocycles. The van der Waals surface area contributed by atoms with Gasteiger partial charge >= 0.3 is 5.97 Å². The van der Waals surface area contributed by atoms with Crippen LogP contribution < -0.4 is 10.6 Å². The third-order valence-corrected chi connectivity index (χ3v) is 4.33. The SMILES string of the molecule is O=C1CC/C=C/C[C@@H](NC(=O)c2cc[nH]n2)C(=O)OC[C@@H](c2ccccc2)N1. The zero-order valence-corrected chi connectivity index (χ0v) is 15.3. The first-order valence-electron chi connectivity index (χ1n) is 9.10. The molecule has 1 aromatic heterocycles. The number of hydrogen-bond acceptors (Lipinski definition) is 5. The number of nitrogens with zero attached hydrogens (tertiary/aromatic N) is 1. The number of hydrogen-bond donors (Lipinski definition) is 3. The van der Waals surface area contributed by atoms with Gasteiger partial charge in [0.25, 0.3) is 5.91 Å². The lowest BCUT2D eigenvalue weighted by atomic mass is 10.1. The van der Waals surface area contributed by atoms with Gasteiger partial charge in [-0.25, -0.2) is 4.79 Å². The number of esters is 1. The van der Waals surface area contributed by atoms with Crippen molar-refractivity contribution in [2.45, 2.75) is 31.3 Å². The van der Waals surface area contributed by atoms with E-state index in [0.717, 1.165) is 5.56 Å². The Hall–Kier alpha value is -3.42. The zero-order valence-electron chi connectivity index (χ0n) is 15.3. The number of aromatic nitrogens is 2. The molecular weight excluding hydrogens is 360 g/mol. The zero-order chi connectivity index (χ0) is 19.8. The molecule has 8 heteroatoms. The first-order chi connectivity index (χ1) is 13.6. The lowest BCUT2D eigenvalue weighted by molar-refractivity contribution is -0.147. The number of cyclic esters (lactones) is 1. The number of carbonyl (C=O) groups is 3. The minimum absolute atomic E-state index is 0.0208. The van der Waals surface area contributed by atoms with Gasteiger partial charge in [0.1, 0.15) is 18.3 Å². The van der Waals surface area contributed by atoms with Gasteiger partial charge in [-0.1, -0.05) is 42.5 Å². The van der Waals surface area contributed by atoms with Crippen LogP contribution in [0.5, 0.6) is 0 Å². The van der Waals surface area contributed by atoms with Gasteiger partial charge in [0.05, 0.1) is 6.04 Å². The van der Waals surface area contributed by atoms with Crippen LogP contribution in [0.1, 0.15) is 41.4 Å². The Morgan fingerprint density at radius 1 is 1.14 bits per heavy atom. The van der Waals surface area contributed by atoms with Crippen molar-refractivity contribution < 1.29 is 19.1 Å². The lowest BCUT2D eigenvalue weighted by Crippen LogP contribution is -2.43. The van der Waals surface area contributed by atoms with Crippen molar-refractivity contribution in [1.82, 2.24) is 20.8 Å². The highest BCUT2D eigenvalue weighted by molar-refractivity contribution is 5.95. The van der Waals surface area contributed by atoms with Crippen LogP contribution in [-0.4, -0.2) is 40.6 Å². The van der Waals surface area contributed by atoms with Crippen LogP contribution >= 0.6 is 0 Å². The van der Waals surface area contributed by atoms with E-state index < -0.39 is 24.0 Å². The van der Waals surface area contributed by atoms with Gasteiger partial charge in [0.2, 0.25) is 5.91 Å². The second-order valence-corrected chi connectivity index (χ2v) is 6.39. The molecule has 146 valence electrons. The summed E-state index contributed by atoms with van der Waals surface area (Å²) in [5.74, 6) is -1.14. The van der Waals surface area contributed by atoms with Gasteiger partial charge in [0.15, 0.2) is 0 Å². The van der Waals surface area contributed by atoms with Crippen LogP contribution in [0.3, 0.4) is 0 Å². The Kier molecular flexibility index (Phi) is 6.56. The molecule has 3 N–H and O–H groups in total. The molecule has 0 radical (unpaired) electrons. The van der Waals surface area contributed by atoms with E-state index in [0.29, 0.717) is 12.8 Å². The third-order valence-electron chi connectivity index (χ3n) is 4.33. The normalized spacial score (nSPS) is 22.1. The van der Waals surface area contributed by atoms with E-state index in [1.165, 1.54) is 12.3 Å². The highest BCUT2D eigenvalue weighted by Crippen LogP contribution is 2.15. The Labute approximate surface area is 162 Å². The minimum atomic E-state index is -0.841. The van der Waals surface area contributed by atoms with Gasteiger partial charge in [-0.05, 0) is 24.5 Å². The van der Waals surface area contributed by atoms with Crippen LogP contribution in [0.15, 0.2) is 54.7 Å². The molecule has 1 aromatic carbocycles. The van der Waals surface area contributed by atoms with Gasteiger partial charge < -0.3 is 15.4 Å². The van der Waals surface area contributed by atoms with Crippen LogP contribution in [-0.2, 0) is 14.3 Å². The third kappa shape index (κ3) is 5.29. The summed E-state index contributed by atoms with van der Waals surface area (Å²) in [4.78, 5) is 37.0.